The van der Waals surface area contributed by atoms with Crippen LogP contribution in [0.25, 0.3) is 0 Å². The summed E-state index contributed by atoms with van der Waals surface area (Å²) >= 11 is 0. The van der Waals surface area contributed by atoms with Gasteiger partial charge in [0.1, 0.15) is 0 Å². The van der Waals surface area contributed by atoms with Crippen molar-refractivity contribution in [2.75, 3.05) is 33.5 Å². The van der Waals surface area contributed by atoms with E-state index in [0.29, 0.717) is 13.4 Å². The van der Waals surface area contributed by atoms with Crippen LogP contribution in [0.1, 0.15) is 18.4 Å². The highest BCUT2D eigenvalue weighted by Crippen LogP contribution is 2.35. The van der Waals surface area contributed by atoms with Crippen LogP contribution in [0.15, 0.2) is 18.2 Å². The fourth-order valence-corrected chi connectivity index (χ4v) is 4.14. The van der Waals surface area contributed by atoms with E-state index in [1.54, 1.807) is 7.05 Å². The fourth-order valence-electron chi connectivity index (χ4n) is 4.14. The molecule has 0 unspecified atom stereocenters. The highest BCUT2D eigenvalue weighted by molar-refractivity contribution is 5.78. The van der Waals surface area contributed by atoms with Crippen molar-refractivity contribution in [3.8, 4) is 11.5 Å². The Labute approximate surface area is 142 Å². The summed E-state index contributed by atoms with van der Waals surface area (Å²) in [6.45, 7) is 3.76. The number of amides is 1. The number of hydrogen-bond donors (Lipinski definition) is 1. The van der Waals surface area contributed by atoms with E-state index in [0.717, 1.165) is 44.0 Å². The molecule has 130 valence electrons. The van der Waals surface area contributed by atoms with E-state index in [1.807, 2.05) is 6.07 Å². The lowest BCUT2D eigenvalue weighted by atomic mass is 9.79. The molecule has 3 heterocycles. The zero-order chi connectivity index (χ0) is 16.5. The molecule has 3 atom stereocenters. The van der Waals surface area contributed by atoms with E-state index in [4.69, 9.17) is 14.2 Å². The SMILES string of the molecule is CNC(=O)[C@@H]1CCO[C@@H]2CCN(Cc3ccc4c(c3)OCO4)C[C@@H]21. The predicted octanol–water partition coefficient (Wildman–Crippen LogP) is 1.39. The third-order valence-electron chi connectivity index (χ3n) is 5.38. The van der Waals surface area contributed by atoms with Gasteiger partial charge in [0, 0.05) is 45.1 Å². The number of piperidine rings is 1. The number of ether oxygens (including phenoxy) is 3. The first kappa shape index (κ1) is 15.7. The number of benzene rings is 1. The Balaban J connectivity index is 1.44. The van der Waals surface area contributed by atoms with Crippen LogP contribution in [0.5, 0.6) is 11.5 Å². The van der Waals surface area contributed by atoms with Crippen molar-refractivity contribution in [3.63, 3.8) is 0 Å². The summed E-state index contributed by atoms with van der Waals surface area (Å²) in [5.41, 5.74) is 1.21. The molecule has 2 saturated heterocycles. The Morgan fingerprint density at radius 3 is 3.04 bits per heavy atom. The number of nitrogens with one attached hydrogen (secondary N) is 1. The van der Waals surface area contributed by atoms with Crippen LogP contribution in [-0.2, 0) is 16.1 Å². The quantitative estimate of drug-likeness (QED) is 0.906. The minimum Gasteiger partial charge on any atom is -0.454 e. The summed E-state index contributed by atoms with van der Waals surface area (Å²) in [4.78, 5) is 14.6. The molecular formula is C18H24N2O4. The normalized spacial score (nSPS) is 29.1. The maximum atomic E-state index is 12.2. The van der Waals surface area contributed by atoms with Gasteiger partial charge in [-0.05, 0) is 30.5 Å². The number of carbonyl (C=O) groups excluding carboxylic acids is 1. The van der Waals surface area contributed by atoms with Crippen molar-refractivity contribution < 1.29 is 19.0 Å². The zero-order valence-corrected chi connectivity index (χ0v) is 14.0. The molecule has 4 rings (SSSR count). The molecule has 0 bridgehead atoms. The number of likely N-dealkylation sites (tertiary alicyclic amines) is 1. The number of hydrogen-bond acceptors (Lipinski definition) is 5. The Morgan fingerprint density at radius 2 is 2.17 bits per heavy atom. The van der Waals surface area contributed by atoms with E-state index in [2.05, 4.69) is 22.3 Å². The van der Waals surface area contributed by atoms with Gasteiger partial charge >= 0.3 is 0 Å². The van der Waals surface area contributed by atoms with Gasteiger partial charge in [-0.2, -0.15) is 0 Å². The molecule has 2 fully saturated rings. The highest BCUT2D eigenvalue weighted by Gasteiger charge is 2.41. The molecule has 1 N–H and O–H groups in total. The van der Waals surface area contributed by atoms with Gasteiger partial charge in [0.05, 0.1) is 6.10 Å². The van der Waals surface area contributed by atoms with Crippen molar-refractivity contribution in [1.82, 2.24) is 10.2 Å². The van der Waals surface area contributed by atoms with Gasteiger partial charge < -0.3 is 19.5 Å². The van der Waals surface area contributed by atoms with Crippen LogP contribution in [0.4, 0.5) is 0 Å². The standard InChI is InChI=1S/C18H24N2O4/c1-19-18(21)13-5-7-22-15-4-6-20(10-14(13)15)9-12-2-3-16-17(8-12)24-11-23-16/h2-3,8,13-15H,4-7,9-11H2,1H3,(H,19,21)/t13-,14-,15-/m1/s1. The molecule has 6 heteroatoms. The Hall–Kier alpha value is -1.79. The molecule has 24 heavy (non-hydrogen) atoms. The minimum absolute atomic E-state index is 0.0632. The van der Waals surface area contributed by atoms with Gasteiger partial charge in [-0.3, -0.25) is 9.69 Å². The van der Waals surface area contributed by atoms with Crippen LogP contribution >= 0.6 is 0 Å². The van der Waals surface area contributed by atoms with Crippen molar-refractivity contribution in [2.24, 2.45) is 11.8 Å². The number of carbonyl (C=O) groups is 1. The summed E-state index contributed by atoms with van der Waals surface area (Å²) in [7, 11) is 1.72. The first-order valence-corrected chi connectivity index (χ1v) is 8.68. The van der Waals surface area contributed by atoms with E-state index in [-0.39, 0.29) is 23.8 Å². The largest absolute Gasteiger partial charge is 0.454 e. The summed E-state index contributed by atoms with van der Waals surface area (Å²) in [5.74, 6) is 2.14. The maximum absolute atomic E-state index is 12.2. The first-order chi connectivity index (χ1) is 11.7. The average molecular weight is 332 g/mol. The van der Waals surface area contributed by atoms with E-state index in [9.17, 15) is 4.79 Å². The number of fused-ring (bicyclic) bond motifs is 2. The summed E-state index contributed by atoms with van der Waals surface area (Å²) in [6, 6.07) is 6.12. The van der Waals surface area contributed by atoms with Gasteiger partial charge in [0.2, 0.25) is 12.7 Å². The smallest absolute Gasteiger partial charge is 0.231 e. The number of nitrogens with zero attached hydrogens (tertiary/aromatic N) is 1. The molecule has 0 radical (unpaired) electrons. The molecule has 1 aromatic rings. The molecule has 1 amide bonds. The fraction of sp³-hybridized carbons (Fsp3) is 0.611. The molecule has 3 aliphatic rings. The predicted molar refractivity (Wildman–Crippen MR) is 87.9 cm³/mol. The van der Waals surface area contributed by atoms with Gasteiger partial charge in [-0.1, -0.05) is 6.07 Å². The van der Waals surface area contributed by atoms with Crippen molar-refractivity contribution in [1.29, 1.82) is 0 Å². The summed E-state index contributed by atoms with van der Waals surface area (Å²) < 4.78 is 16.8. The third kappa shape index (κ3) is 2.96. The lowest BCUT2D eigenvalue weighted by Gasteiger charge is -2.44. The van der Waals surface area contributed by atoms with Gasteiger partial charge in [0.15, 0.2) is 11.5 Å². The van der Waals surface area contributed by atoms with Crippen LogP contribution in [-0.4, -0.2) is 50.4 Å². The Bertz CT molecular complexity index is 621. The average Bonchev–Trinajstić information content (AvgIpc) is 3.08. The van der Waals surface area contributed by atoms with Crippen molar-refractivity contribution in [2.45, 2.75) is 25.5 Å². The van der Waals surface area contributed by atoms with Gasteiger partial charge in [-0.25, -0.2) is 0 Å². The lowest BCUT2D eigenvalue weighted by molar-refractivity contribution is -0.141. The Kier molecular flexibility index (Phi) is 4.33. The molecule has 0 saturated carbocycles. The van der Waals surface area contributed by atoms with E-state index in [1.165, 1.54) is 5.56 Å². The molecule has 1 aromatic carbocycles. The summed E-state index contributed by atoms with van der Waals surface area (Å²) in [5, 5.41) is 2.82. The Morgan fingerprint density at radius 1 is 1.29 bits per heavy atom. The zero-order valence-electron chi connectivity index (χ0n) is 14.0. The van der Waals surface area contributed by atoms with Gasteiger partial charge in [0.25, 0.3) is 0 Å². The molecule has 0 spiro atoms. The second kappa shape index (κ2) is 6.61. The van der Waals surface area contributed by atoms with Gasteiger partial charge in [-0.15, -0.1) is 0 Å². The first-order valence-electron chi connectivity index (χ1n) is 8.68. The summed E-state index contributed by atoms with van der Waals surface area (Å²) in [6.07, 6.45) is 2.02. The topological polar surface area (TPSA) is 60.0 Å². The van der Waals surface area contributed by atoms with Crippen LogP contribution in [0, 0.1) is 11.8 Å². The molecular weight excluding hydrogens is 308 g/mol. The van der Waals surface area contributed by atoms with E-state index < -0.39 is 0 Å². The van der Waals surface area contributed by atoms with Crippen LogP contribution < -0.4 is 14.8 Å². The van der Waals surface area contributed by atoms with Crippen molar-refractivity contribution in [3.05, 3.63) is 23.8 Å². The van der Waals surface area contributed by atoms with Crippen molar-refractivity contribution >= 4 is 5.91 Å². The highest BCUT2D eigenvalue weighted by atomic mass is 16.7. The second-order valence-corrected chi connectivity index (χ2v) is 6.79. The molecule has 0 aromatic heterocycles. The molecule has 0 aliphatic carbocycles. The van der Waals surface area contributed by atoms with Crippen LogP contribution in [0.3, 0.4) is 0 Å². The lowest BCUT2D eigenvalue weighted by Crippen LogP contribution is -2.52. The monoisotopic (exact) mass is 332 g/mol. The third-order valence-corrected chi connectivity index (χ3v) is 5.38. The van der Waals surface area contributed by atoms with Crippen LogP contribution in [0.2, 0.25) is 0 Å². The maximum Gasteiger partial charge on any atom is 0.231 e. The minimum atomic E-state index is 0.0632. The molecule has 6 nitrogen and oxygen atoms in total. The number of rotatable bonds is 3. The van der Waals surface area contributed by atoms with E-state index >= 15 is 0 Å². The molecule has 3 aliphatic heterocycles. The second-order valence-electron chi connectivity index (χ2n) is 6.79.